The van der Waals surface area contributed by atoms with Crippen molar-refractivity contribution < 1.29 is 17.9 Å². The molecule has 2 heterocycles. The van der Waals surface area contributed by atoms with Crippen LogP contribution in [-0.2, 0) is 6.54 Å². The lowest BCUT2D eigenvalue weighted by atomic mass is 10.1. The van der Waals surface area contributed by atoms with Gasteiger partial charge in [-0.15, -0.1) is 23.4 Å². The smallest absolute Gasteiger partial charge is 0.406 e. The summed E-state index contributed by atoms with van der Waals surface area (Å²) >= 11 is 0. The summed E-state index contributed by atoms with van der Waals surface area (Å²) in [4.78, 5) is 7.25. The van der Waals surface area contributed by atoms with E-state index in [1.807, 2.05) is 22.8 Å². The van der Waals surface area contributed by atoms with E-state index in [2.05, 4.69) is 24.9 Å². The van der Waals surface area contributed by atoms with Gasteiger partial charge in [0.2, 0.25) is 0 Å². The summed E-state index contributed by atoms with van der Waals surface area (Å²) < 4.78 is 42.4. The number of fused-ring (bicyclic) bond motifs is 1. The fraction of sp³-hybridized carbons (Fsp3) is 0.118. The maximum absolute atomic E-state index is 12.2. The number of ether oxygens (including phenoxy) is 1. The summed E-state index contributed by atoms with van der Waals surface area (Å²) in [5.41, 5.74) is 3.37. The first-order valence-corrected chi connectivity index (χ1v) is 7.64. The van der Waals surface area contributed by atoms with Gasteiger partial charge in [0.25, 0.3) is 0 Å². The number of imidazole rings is 1. The zero-order chi connectivity index (χ0) is 18.1. The second-order valence-corrected chi connectivity index (χ2v) is 5.61. The molecule has 0 fully saturated rings. The predicted molar refractivity (Wildman–Crippen MR) is 87.3 cm³/mol. The topological polar surface area (TPSA) is 68.6 Å². The van der Waals surface area contributed by atoms with Crippen molar-refractivity contribution in [2.24, 2.45) is 0 Å². The maximum Gasteiger partial charge on any atom is 0.573 e. The number of hydrogen-bond acceptors (Lipinski definition) is 4. The molecule has 0 aliphatic carbocycles. The Hall–Kier alpha value is -3.36. The molecule has 0 saturated carbocycles. The van der Waals surface area contributed by atoms with E-state index in [1.165, 1.54) is 12.1 Å². The number of H-pyrrole nitrogens is 1. The molecule has 0 radical (unpaired) electrons. The summed E-state index contributed by atoms with van der Waals surface area (Å²) in [6, 6.07) is 11.4. The van der Waals surface area contributed by atoms with Gasteiger partial charge in [0, 0.05) is 5.56 Å². The number of halogens is 3. The number of rotatable bonds is 4. The first-order valence-electron chi connectivity index (χ1n) is 7.64. The lowest BCUT2D eigenvalue weighted by Crippen LogP contribution is -2.17. The molecule has 6 nitrogen and oxygen atoms in total. The van der Waals surface area contributed by atoms with Gasteiger partial charge in [0.05, 0.1) is 23.9 Å². The highest BCUT2D eigenvalue weighted by molar-refractivity contribution is 5.79. The Morgan fingerprint density at radius 2 is 1.88 bits per heavy atom. The number of alkyl halides is 3. The highest BCUT2D eigenvalue weighted by atomic mass is 19.4. The average Bonchev–Trinajstić information content (AvgIpc) is 3.23. The van der Waals surface area contributed by atoms with Crippen molar-refractivity contribution in [2.75, 3.05) is 0 Å². The van der Waals surface area contributed by atoms with Gasteiger partial charge in [-0.05, 0) is 35.9 Å². The van der Waals surface area contributed by atoms with Crippen LogP contribution in [0.15, 0.2) is 55.1 Å². The molecule has 0 aliphatic rings. The van der Waals surface area contributed by atoms with Gasteiger partial charge < -0.3 is 14.3 Å². The number of aromatic amines is 1. The normalized spacial score (nSPS) is 11.8. The Labute approximate surface area is 145 Å². The molecule has 0 amide bonds. The zero-order valence-corrected chi connectivity index (χ0v) is 13.2. The molecular formula is C17H12F3N5O. The SMILES string of the molecule is FC(F)(F)Oc1ccc(Cn2cnnc2-c2ccc3[nH]cnc3c2)cc1. The Kier molecular flexibility index (Phi) is 3.83. The van der Waals surface area contributed by atoms with Gasteiger partial charge >= 0.3 is 6.36 Å². The number of nitrogens with zero attached hydrogens (tertiary/aromatic N) is 4. The summed E-state index contributed by atoms with van der Waals surface area (Å²) in [5.74, 6) is 0.389. The Bertz CT molecular complexity index is 1040. The van der Waals surface area contributed by atoms with E-state index in [0.717, 1.165) is 22.2 Å². The van der Waals surface area contributed by atoms with E-state index in [9.17, 15) is 13.2 Å². The second kappa shape index (κ2) is 6.17. The minimum atomic E-state index is -4.70. The third kappa shape index (κ3) is 3.37. The Balaban J connectivity index is 1.57. The summed E-state index contributed by atoms with van der Waals surface area (Å²) in [6.45, 7) is 0.410. The first-order chi connectivity index (χ1) is 12.5. The van der Waals surface area contributed by atoms with Crippen molar-refractivity contribution >= 4 is 11.0 Å². The van der Waals surface area contributed by atoms with Crippen molar-refractivity contribution in [2.45, 2.75) is 12.9 Å². The van der Waals surface area contributed by atoms with Crippen LogP contribution in [0.4, 0.5) is 13.2 Å². The molecule has 132 valence electrons. The number of hydrogen-bond donors (Lipinski definition) is 1. The van der Waals surface area contributed by atoms with Gasteiger partial charge in [-0.25, -0.2) is 4.98 Å². The van der Waals surface area contributed by atoms with Crippen molar-refractivity contribution in [3.8, 4) is 17.1 Å². The van der Waals surface area contributed by atoms with Gasteiger partial charge in [-0.2, -0.15) is 0 Å². The standard InChI is InChI=1S/C17H12F3N5O/c18-17(19,20)26-13-4-1-11(2-5-13)8-25-10-23-24-16(25)12-3-6-14-15(7-12)22-9-21-14/h1-7,9-10H,8H2,(H,21,22). The van der Waals surface area contributed by atoms with Crippen LogP contribution >= 0.6 is 0 Å². The largest absolute Gasteiger partial charge is 0.573 e. The van der Waals surface area contributed by atoms with E-state index in [-0.39, 0.29) is 5.75 Å². The minimum absolute atomic E-state index is 0.255. The van der Waals surface area contributed by atoms with Crippen LogP contribution in [-0.4, -0.2) is 31.1 Å². The number of nitrogens with one attached hydrogen (secondary N) is 1. The van der Waals surface area contributed by atoms with Gasteiger partial charge in [0.15, 0.2) is 5.82 Å². The first kappa shape index (κ1) is 16.1. The van der Waals surface area contributed by atoms with Crippen molar-refractivity contribution in [3.05, 3.63) is 60.7 Å². The number of benzene rings is 2. The molecule has 0 spiro atoms. The van der Waals surface area contributed by atoms with E-state index in [0.29, 0.717) is 12.4 Å². The molecule has 0 atom stereocenters. The van der Waals surface area contributed by atoms with Crippen LogP contribution in [0.25, 0.3) is 22.4 Å². The highest BCUT2D eigenvalue weighted by Gasteiger charge is 2.30. The second-order valence-electron chi connectivity index (χ2n) is 5.61. The molecule has 2 aromatic carbocycles. The van der Waals surface area contributed by atoms with Crippen LogP contribution in [0.1, 0.15) is 5.56 Å². The Morgan fingerprint density at radius 3 is 2.65 bits per heavy atom. The minimum Gasteiger partial charge on any atom is -0.406 e. The molecule has 26 heavy (non-hydrogen) atoms. The van der Waals surface area contributed by atoms with E-state index in [1.54, 1.807) is 24.8 Å². The number of aromatic nitrogens is 5. The highest BCUT2D eigenvalue weighted by Crippen LogP contribution is 2.24. The van der Waals surface area contributed by atoms with E-state index < -0.39 is 6.36 Å². The quantitative estimate of drug-likeness (QED) is 0.602. The predicted octanol–water partition coefficient (Wildman–Crippen LogP) is 3.77. The van der Waals surface area contributed by atoms with Crippen LogP contribution in [0.2, 0.25) is 0 Å². The molecular weight excluding hydrogens is 347 g/mol. The molecule has 0 unspecified atom stereocenters. The van der Waals surface area contributed by atoms with Crippen LogP contribution < -0.4 is 4.74 Å². The zero-order valence-electron chi connectivity index (χ0n) is 13.2. The monoisotopic (exact) mass is 359 g/mol. The van der Waals surface area contributed by atoms with Crippen molar-refractivity contribution in [1.82, 2.24) is 24.7 Å². The molecule has 1 N–H and O–H groups in total. The van der Waals surface area contributed by atoms with Crippen molar-refractivity contribution in [1.29, 1.82) is 0 Å². The third-order valence-corrected chi connectivity index (χ3v) is 3.81. The summed E-state index contributed by atoms with van der Waals surface area (Å²) in [7, 11) is 0. The lowest BCUT2D eigenvalue weighted by molar-refractivity contribution is -0.274. The van der Waals surface area contributed by atoms with Gasteiger partial charge in [-0.1, -0.05) is 12.1 Å². The maximum atomic E-state index is 12.2. The van der Waals surface area contributed by atoms with E-state index in [4.69, 9.17) is 0 Å². The van der Waals surface area contributed by atoms with Gasteiger partial charge in [0.1, 0.15) is 12.1 Å². The Morgan fingerprint density at radius 1 is 1.08 bits per heavy atom. The van der Waals surface area contributed by atoms with Crippen LogP contribution in [0.3, 0.4) is 0 Å². The van der Waals surface area contributed by atoms with Crippen LogP contribution in [0, 0.1) is 0 Å². The molecule has 4 aromatic rings. The molecule has 0 bridgehead atoms. The average molecular weight is 359 g/mol. The molecule has 0 aliphatic heterocycles. The fourth-order valence-electron chi connectivity index (χ4n) is 2.66. The summed E-state index contributed by atoms with van der Waals surface area (Å²) in [6.07, 6.45) is -1.51. The lowest BCUT2D eigenvalue weighted by Gasteiger charge is -2.10. The van der Waals surface area contributed by atoms with Gasteiger partial charge in [-0.3, -0.25) is 0 Å². The van der Waals surface area contributed by atoms with E-state index >= 15 is 0 Å². The summed E-state index contributed by atoms with van der Waals surface area (Å²) in [5, 5.41) is 8.08. The van der Waals surface area contributed by atoms with Crippen LogP contribution in [0.5, 0.6) is 5.75 Å². The molecule has 0 saturated heterocycles. The fourth-order valence-corrected chi connectivity index (χ4v) is 2.66. The third-order valence-electron chi connectivity index (χ3n) is 3.81. The molecule has 4 rings (SSSR count). The molecule has 2 aromatic heterocycles. The van der Waals surface area contributed by atoms with Crippen molar-refractivity contribution in [3.63, 3.8) is 0 Å². The molecule has 9 heteroatoms.